The zero-order valence-corrected chi connectivity index (χ0v) is 23.3. The highest BCUT2D eigenvalue weighted by molar-refractivity contribution is 8.26. The fraction of sp³-hybridized carbons (Fsp3) is 0.704. The third-order valence-electron chi connectivity index (χ3n) is 6.08. The fourth-order valence-electron chi connectivity index (χ4n) is 4.23. The van der Waals surface area contributed by atoms with Crippen LogP contribution in [0.4, 0.5) is 0 Å². The Kier molecular flexibility index (Phi) is 12.0. The summed E-state index contributed by atoms with van der Waals surface area (Å²) in [7, 11) is 0. The van der Waals surface area contributed by atoms with E-state index >= 15 is 0 Å². The summed E-state index contributed by atoms with van der Waals surface area (Å²) in [5.74, 6) is 1.11. The molecule has 0 saturated carbocycles. The van der Waals surface area contributed by atoms with E-state index in [4.69, 9.17) is 20.6 Å². The third kappa shape index (κ3) is 10.5. The minimum Gasteiger partial charge on any atom is -0.493 e. The predicted octanol–water partition coefficient (Wildman–Crippen LogP) is 5.09. The summed E-state index contributed by atoms with van der Waals surface area (Å²) in [4.78, 5) is 6.77. The minimum absolute atomic E-state index is 0.209. The molecule has 0 spiro atoms. The van der Waals surface area contributed by atoms with Crippen LogP contribution in [0.25, 0.3) is 0 Å². The van der Waals surface area contributed by atoms with Gasteiger partial charge in [0, 0.05) is 24.6 Å². The van der Waals surface area contributed by atoms with Crippen molar-refractivity contribution in [2.24, 2.45) is 16.6 Å². The van der Waals surface area contributed by atoms with Crippen molar-refractivity contribution in [3.05, 3.63) is 28.8 Å². The summed E-state index contributed by atoms with van der Waals surface area (Å²) in [6, 6.07) is 3.99. The summed E-state index contributed by atoms with van der Waals surface area (Å²) in [6.45, 7) is 16.4. The Labute approximate surface area is 216 Å². The van der Waals surface area contributed by atoms with E-state index in [1.807, 2.05) is 46.8 Å². The lowest BCUT2D eigenvalue weighted by molar-refractivity contribution is -0.198. The van der Waals surface area contributed by atoms with Gasteiger partial charge in [-0.1, -0.05) is 13.3 Å². The normalized spacial score (nSPS) is 16.9. The number of thioether (sulfide) groups is 1. The molecule has 198 valence electrons. The smallest absolute Gasteiger partial charge is 0.160 e. The maximum absolute atomic E-state index is 10.3. The molecule has 0 aromatic heterocycles. The van der Waals surface area contributed by atoms with Gasteiger partial charge in [-0.3, -0.25) is 10.4 Å². The topological polar surface area (TPSA) is 104 Å². The number of likely N-dealkylation sites (tertiary alicyclic amines) is 1. The Balaban J connectivity index is 1.77. The Bertz CT molecular complexity index is 822. The minimum atomic E-state index is -0.681. The number of aliphatic imine (C=N–C) groups is 1. The van der Waals surface area contributed by atoms with Crippen LogP contribution in [0.5, 0.6) is 5.75 Å². The number of piperidine rings is 1. The summed E-state index contributed by atoms with van der Waals surface area (Å²) in [5.41, 5.74) is 8.55. The lowest BCUT2D eigenvalue weighted by Gasteiger charge is -2.36. The van der Waals surface area contributed by atoms with Crippen LogP contribution < -0.4 is 10.5 Å². The van der Waals surface area contributed by atoms with Gasteiger partial charge in [0.15, 0.2) is 11.5 Å². The summed E-state index contributed by atoms with van der Waals surface area (Å²) in [6.07, 6.45) is 4.26. The predicted molar refractivity (Wildman–Crippen MR) is 148 cm³/mol. The quantitative estimate of drug-likeness (QED) is 0.167. The average molecular weight is 507 g/mol. The molecule has 1 fully saturated rings. The number of aliphatic hydroxyl groups excluding tert-OH is 1. The molecule has 0 aliphatic carbocycles. The monoisotopic (exact) mass is 506 g/mol. The molecule has 7 nitrogen and oxygen atoms in total. The van der Waals surface area contributed by atoms with E-state index in [2.05, 4.69) is 16.8 Å². The molecule has 8 heteroatoms. The highest BCUT2D eigenvalue weighted by Crippen LogP contribution is 2.28. The Morgan fingerprint density at radius 3 is 2.43 bits per heavy atom. The van der Waals surface area contributed by atoms with Crippen LogP contribution in [0.1, 0.15) is 76.5 Å². The van der Waals surface area contributed by atoms with Crippen LogP contribution in [0.15, 0.2) is 17.1 Å². The van der Waals surface area contributed by atoms with Gasteiger partial charge in [-0.15, -0.1) is 0 Å². The maximum Gasteiger partial charge on any atom is 0.160 e. The lowest BCUT2D eigenvalue weighted by atomic mass is 9.95. The Morgan fingerprint density at radius 1 is 1.23 bits per heavy atom. The number of nitrogens with one attached hydrogen (secondary N) is 1. The largest absolute Gasteiger partial charge is 0.493 e. The van der Waals surface area contributed by atoms with E-state index in [1.54, 1.807) is 0 Å². The molecule has 1 aromatic carbocycles. The van der Waals surface area contributed by atoms with Crippen LogP contribution in [0.3, 0.4) is 0 Å². The number of nitrogens with two attached hydrogens (primary N) is 1. The lowest BCUT2D eigenvalue weighted by Crippen LogP contribution is -2.41. The van der Waals surface area contributed by atoms with E-state index in [0.29, 0.717) is 23.4 Å². The molecule has 2 rings (SSSR count). The van der Waals surface area contributed by atoms with Crippen molar-refractivity contribution in [1.29, 1.82) is 5.41 Å². The number of aryl methyl sites for hydroxylation is 2. The number of hydrogen-bond donors (Lipinski definition) is 3. The van der Waals surface area contributed by atoms with Gasteiger partial charge >= 0.3 is 0 Å². The second-order valence-corrected chi connectivity index (χ2v) is 11.5. The van der Waals surface area contributed by atoms with Crippen molar-refractivity contribution in [1.82, 2.24) is 4.90 Å². The number of aliphatic hydroxyl groups is 1. The number of nitrogens with zero attached hydrogens (tertiary/aromatic N) is 2. The van der Waals surface area contributed by atoms with Crippen molar-refractivity contribution in [2.45, 2.75) is 85.5 Å². The first-order valence-electron chi connectivity index (χ1n) is 12.9. The van der Waals surface area contributed by atoms with Crippen molar-refractivity contribution < 1.29 is 14.6 Å². The number of rotatable bonds is 11. The second kappa shape index (κ2) is 14.2. The second-order valence-electron chi connectivity index (χ2n) is 10.4. The molecule has 0 amide bonds. The van der Waals surface area contributed by atoms with Gasteiger partial charge in [-0.25, -0.2) is 0 Å². The van der Waals surface area contributed by atoms with Crippen molar-refractivity contribution >= 4 is 22.0 Å². The zero-order chi connectivity index (χ0) is 26.0. The maximum atomic E-state index is 10.3. The van der Waals surface area contributed by atoms with E-state index in [0.717, 1.165) is 74.2 Å². The van der Waals surface area contributed by atoms with Crippen LogP contribution >= 0.6 is 11.8 Å². The van der Waals surface area contributed by atoms with Crippen molar-refractivity contribution in [3.8, 4) is 5.75 Å². The number of benzene rings is 1. The molecule has 4 N–H and O–H groups in total. The van der Waals surface area contributed by atoms with E-state index in [1.165, 1.54) is 11.8 Å². The average Bonchev–Trinajstić information content (AvgIpc) is 2.77. The van der Waals surface area contributed by atoms with E-state index in [-0.39, 0.29) is 11.5 Å². The van der Waals surface area contributed by atoms with Gasteiger partial charge in [0.1, 0.15) is 10.8 Å². The Morgan fingerprint density at radius 2 is 1.86 bits per heavy atom. The molecule has 1 saturated heterocycles. The first-order valence-corrected chi connectivity index (χ1v) is 13.7. The molecule has 0 bridgehead atoms. The summed E-state index contributed by atoms with van der Waals surface area (Å²) in [5, 5.41) is 19.6. The highest BCUT2D eigenvalue weighted by atomic mass is 32.2. The molecule has 1 aromatic rings. The standard InChI is InChI=1S/C27H46N4O3S/c1-7-8-12-30-26(29)35-24(28)22-17-19(2)23(20(3)18-22)33-16-9-13-31-14-10-21(11-15-31)25(32)34-27(4,5)6/h17-18,21,25,28,32H,7-16H2,1-6H3,(H2,29,30). The van der Waals surface area contributed by atoms with Crippen molar-refractivity contribution in [2.75, 3.05) is 32.8 Å². The molecular weight excluding hydrogens is 460 g/mol. The van der Waals surface area contributed by atoms with Gasteiger partial charge in [0.25, 0.3) is 0 Å². The molecule has 1 heterocycles. The number of hydrogen-bond acceptors (Lipinski definition) is 7. The molecule has 1 aliphatic heterocycles. The number of ether oxygens (including phenoxy) is 2. The van der Waals surface area contributed by atoms with E-state index < -0.39 is 6.29 Å². The van der Waals surface area contributed by atoms with Gasteiger partial charge < -0.3 is 25.2 Å². The molecule has 1 unspecified atom stereocenters. The molecule has 1 atom stereocenters. The molecule has 0 radical (unpaired) electrons. The Hall–Kier alpha value is -1.61. The SMILES string of the molecule is CCCCN=C(N)SC(=N)c1cc(C)c(OCCCN2CCC(C(O)OC(C)(C)C)CC2)c(C)c1. The number of amidine groups is 1. The molecule has 35 heavy (non-hydrogen) atoms. The van der Waals surface area contributed by atoms with Crippen LogP contribution in [0, 0.1) is 25.2 Å². The third-order valence-corrected chi connectivity index (χ3v) is 6.86. The highest BCUT2D eigenvalue weighted by Gasteiger charge is 2.28. The number of unbranched alkanes of at least 4 members (excludes halogenated alkanes) is 1. The van der Waals surface area contributed by atoms with Gasteiger partial charge in [-0.05, 0) is 108 Å². The molecule has 1 aliphatic rings. The van der Waals surface area contributed by atoms with Crippen LogP contribution in [0.2, 0.25) is 0 Å². The van der Waals surface area contributed by atoms with Gasteiger partial charge in [0.05, 0.1) is 12.2 Å². The first kappa shape index (κ1) is 29.6. The molecular formula is C27H46N4O3S. The van der Waals surface area contributed by atoms with Gasteiger partial charge in [-0.2, -0.15) is 0 Å². The van der Waals surface area contributed by atoms with Crippen LogP contribution in [-0.4, -0.2) is 64.9 Å². The first-order chi connectivity index (χ1) is 16.5. The van der Waals surface area contributed by atoms with Gasteiger partial charge in [0.2, 0.25) is 0 Å². The van der Waals surface area contributed by atoms with E-state index in [9.17, 15) is 5.11 Å². The zero-order valence-electron chi connectivity index (χ0n) is 22.5. The fourth-order valence-corrected chi connectivity index (χ4v) is 4.84. The van der Waals surface area contributed by atoms with Crippen molar-refractivity contribution in [3.63, 3.8) is 0 Å². The van der Waals surface area contributed by atoms with Crippen LogP contribution in [-0.2, 0) is 4.74 Å². The summed E-state index contributed by atoms with van der Waals surface area (Å²) >= 11 is 1.21. The summed E-state index contributed by atoms with van der Waals surface area (Å²) < 4.78 is 11.9.